The predicted octanol–water partition coefficient (Wildman–Crippen LogP) is 4.06. The molecule has 2 fully saturated rings. The first-order valence-corrected chi connectivity index (χ1v) is 7.60. The standard InChI is InChI=1S/C13H15BrOS/c14-13-4-3-10(16-13)7-12(15)11-6-8-1-2-9(11)5-8/h3-4,8-9,11H,1-2,5-7H2. The monoisotopic (exact) mass is 298 g/mol. The normalized spacial score (nSPS) is 32.2. The average Bonchev–Trinajstić information content (AvgIpc) is 2.93. The van der Waals surface area contributed by atoms with Gasteiger partial charge in [0.25, 0.3) is 0 Å². The number of carbonyl (C=O) groups is 1. The molecule has 2 aliphatic rings. The smallest absolute Gasteiger partial charge is 0.141 e. The summed E-state index contributed by atoms with van der Waals surface area (Å²) in [5.41, 5.74) is 0. The molecule has 3 atom stereocenters. The number of hydrogen-bond acceptors (Lipinski definition) is 2. The highest BCUT2D eigenvalue weighted by molar-refractivity contribution is 9.11. The van der Waals surface area contributed by atoms with Crippen LogP contribution in [0.4, 0.5) is 0 Å². The van der Waals surface area contributed by atoms with Gasteiger partial charge < -0.3 is 0 Å². The lowest BCUT2D eigenvalue weighted by atomic mass is 9.84. The van der Waals surface area contributed by atoms with Gasteiger partial charge in [0.05, 0.1) is 3.79 Å². The van der Waals surface area contributed by atoms with E-state index >= 15 is 0 Å². The predicted molar refractivity (Wildman–Crippen MR) is 69.7 cm³/mol. The van der Waals surface area contributed by atoms with Gasteiger partial charge >= 0.3 is 0 Å². The highest BCUT2D eigenvalue weighted by Crippen LogP contribution is 2.48. The van der Waals surface area contributed by atoms with Crippen LogP contribution in [0.15, 0.2) is 15.9 Å². The first kappa shape index (κ1) is 11.0. The molecule has 0 radical (unpaired) electrons. The van der Waals surface area contributed by atoms with Crippen LogP contribution in [-0.2, 0) is 11.2 Å². The van der Waals surface area contributed by atoms with E-state index in [0.29, 0.717) is 18.1 Å². The Morgan fingerprint density at radius 2 is 2.25 bits per heavy atom. The van der Waals surface area contributed by atoms with E-state index in [1.54, 1.807) is 11.3 Å². The van der Waals surface area contributed by atoms with Crippen molar-refractivity contribution in [2.45, 2.75) is 32.1 Å². The molecule has 0 saturated heterocycles. The van der Waals surface area contributed by atoms with Gasteiger partial charge in [-0.05, 0) is 59.2 Å². The van der Waals surface area contributed by atoms with E-state index in [4.69, 9.17) is 0 Å². The van der Waals surface area contributed by atoms with Crippen LogP contribution >= 0.6 is 27.3 Å². The Bertz CT molecular complexity index is 412. The molecular formula is C13H15BrOS. The number of thiophene rings is 1. The minimum atomic E-state index is 0.389. The van der Waals surface area contributed by atoms with Crippen LogP contribution in [0.25, 0.3) is 0 Å². The topological polar surface area (TPSA) is 17.1 Å². The van der Waals surface area contributed by atoms with Crippen LogP contribution in [-0.4, -0.2) is 5.78 Å². The molecular weight excluding hydrogens is 284 g/mol. The maximum absolute atomic E-state index is 12.2. The number of halogens is 1. The van der Waals surface area contributed by atoms with Crippen molar-refractivity contribution in [1.82, 2.24) is 0 Å². The first-order valence-electron chi connectivity index (χ1n) is 5.99. The number of hydrogen-bond donors (Lipinski definition) is 0. The maximum Gasteiger partial charge on any atom is 0.141 e. The van der Waals surface area contributed by atoms with Crippen molar-refractivity contribution >= 4 is 33.0 Å². The highest BCUT2D eigenvalue weighted by Gasteiger charge is 2.42. The summed E-state index contributed by atoms with van der Waals surface area (Å²) in [5.74, 6) is 2.47. The number of rotatable bonds is 3. The Balaban J connectivity index is 1.65. The summed E-state index contributed by atoms with van der Waals surface area (Å²) in [6.45, 7) is 0. The molecule has 1 heterocycles. The second-order valence-electron chi connectivity index (χ2n) is 5.13. The zero-order valence-electron chi connectivity index (χ0n) is 9.12. The van der Waals surface area contributed by atoms with Gasteiger partial charge in [-0.3, -0.25) is 4.79 Å². The van der Waals surface area contributed by atoms with Crippen LogP contribution in [0.5, 0.6) is 0 Å². The molecule has 0 N–H and O–H groups in total. The summed E-state index contributed by atoms with van der Waals surface area (Å²) in [6, 6.07) is 4.11. The fourth-order valence-electron chi connectivity index (χ4n) is 3.39. The third-order valence-corrected chi connectivity index (χ3v) is 5.75. The van der Waals surface area contributed by atoms with Crippen LogP contribution in [0.1, 0.15) is 30.6 Å². The molecule has 1 aromatic rings. The summed E-state index contributed by atoms with van der Waals surface area (Å²) < 4.78 is 1.13. The lowest BCUT2D eigenvalue weighted by Crippen LogP contribution is -2.22. The van der Waals surface area contributed by atoms with Gasteiger partial charge in [0.15, 0.2) is 0 Å². The van der Waals surface area contributed by atoms with E-state index in [0.717, 1.165) is 15.6 Å². The Morgan fingerprint density at radius 3 is 2.81 bits per heavy atom. The molecule has 2 aliphatic carbocycles. The fourth-order valence-corrected chi connectivity index (χ4v) is 4.88. The van der Waals surface area contributed by atoms with E-state index in [9.17, 15) is 4.79 Å². The molecule has 3 heteroatoms. The molecule has 0 aromatic carbocycles. The molecule has 86 valence electrons. The van der Waals surface area contributed by atoms with Crippen molar-refractivity contribution in [1.29, 1.82) is 0 Å². The zero-order valence-corrected chi connectivity index (χ0v) is 11.5. The largest absolute Gasteiger partial charge is 0.299 e. The zero-order chi connectivity index (χ0) is 11.1. The third kappa shape index (κ3) is 2.00. The van der Waals surface area contributed by atoms with Gasteiger partial charge in [0.1, 0.15) is 5.78 Å². The van der Waals surface area contributed by atoms with Gasteiger partial charge in [-0.15, -0.1) is 11.3 Å². The summed E-state index contributed by atoms with van der Waals surface area (Å²) >= 11 is 5.14. The number of ketones is 1. The minimum absolute atomic E-state index is 0.389. The van der Waals surface area contributed by atoms with Gasteiger partial charge in [0, 0.05) is 17.2 Å². The Labute approximate surface area is 108 Å². The number of fused-ring (bicyclic) bond motifs is 2. The van der Waals surface area contributed by atoms with Crippen molar-refractivity contribution in [2.75, 3.05) is 0 Å². The molecule has 0 aliphatic heterocycles. The molecule has 3 rings (SSSR count). The molecule has 3 unspecified atom stereocenters. The molecule has 2 saturated carbocycles. The van der Waals surface area contributed by atoms with Gasteiger partial charge in [-0.25, -0.2) is 0 Å². The molecule has 16 heavy (non-hydrogen) atoms. The first-order chi connectivity index (χ1) is 7.72. The molecule has 1 aromatic heterocycles. The van der Waals surface area contributed by atoms with E-state index in [1.165, 1.54) is 30.6 Å². The summed E-state index contributed by atoms with van der Waals surface area (Å²) in [7, 11) is 0. The number of Topliss-reactive ketones (excluding diaryl/α,β-unsaturated/α-hetero) is 1. The lowest BCUT2D eigenvalue weighted by Gasteiger charge is -2.19. The van der Waals surface area contributed by atoms with Gasteiger partial charge in [0.2, 0.25) is 0 Å². The van der Waals surface area contributed by atoms with Crippen LogP contribution < -0.4 is 0 Å². The van der Waals surface area contributed by atoms with Crippen molar-refractivity contribution in [2.24, 2.45) is 17.8 Å². The molecule has 2 bridgehead atoms. The second-order valence-corrected chi connectivity index (χ2v) is 7.68. The molecule has 1 nitrogen and oxygen atoms in total. The second kappa shape index (κ2) is 4.26. The minimum Gasteiger partial charge on any atom is -0.299 e. The summed E-state index contributed by atoms with van der Waals surface area (Å²) in [6.07, 6.45) is 5.83. The SMILES string of the molecule is O=C(Cc1ccc(Br)s1)C1CC2CCC1C2. The lowest BCUT2D eigenvalue weighted by molar-refractivity contribution is -0.123. The quantitative estimate of drug-likeness (QED) is 0.822. The Morgan fingerprint density at radius 1 is 1.38 bits per heavy atom. The van der Waals surface area contributed by atoms with Crippen molar-refractivity contribution < 1.29 is 4.79 Å². The van der Waals surface area contributed by atoms with Crippen LogP contribution in [0.3, 0.4) is 0 Å². The Hall–Kier alpha value is -0.150. The van der Waals surface area contributed by atoms with E-state index in [-0.39, 0.29) is 0 Å². The molecule has 0 amide bonds. The molecule has 0 spiro atoms. The van der Waals surface area contributed by atoms with Crippen LogP contribution in [0.2, 0.25) is 0 Å². The Kier molecular flexibility index (Phi) is 2.92. The maximum atomic E-state index is 12.2. The highest BCUT2D eigenvalue weighted by atomic mass is 79.9. The van der Waals surface area contributed by atoms with E-state index in [1.807, 2.05) is 6.07 Å². The fraction of sp³-hybridized carbons (Fsp3) is 0.615. The van der Waals surface area contributed by atoms with E-state index < -0.39 is 0 Å². The van der Waals surface area contributed by atoms with Crippen molar-refractivity contribution in [3.8, 4) is 0 Å². The summed E-state index contributed by atoms with van der Waals surface area (Å²) in [4.78, 5) is 13.4. The van der Waals surface area contributed by atoms with Gasteiger partial charge in [-0.1, -0.05) is 6.42 Å². The van der Waals surface area contributed by atoms with Crippen molar-refractivity contribution in [3.05, 3.63) is 20.8 Å². The van der Waals surface area contributed by atoms with E-state index in [2.05, 4.69) is 22.0 Å². The summed E-state index contributed by atoms with van der Waals surface area (Å²) in [5, 5.41) is 0. The third-order valence-electron chi connectivity index (χ3n) is 4.13. The van der Waals surface area contributed by atoms with Crippen LogP contribution in [0, 0.1) is 17.8 Å². The van der Waals surface area contributed by atoms with Crippen molar-refractivity contribution in [3.63, 3.8) is 0 Å². The number of carbonyl (C=O) groups excluding carboxylic acids is 1. The van der Waals surface area contributed by atoms with Gasteiger partial charge in [-0.2, -0.15) is 0 Å². The average molecular weight is 299 g/mol.